The van der Waals surface area contributed by atoms with Gasteiger partial charge in [0.25, 0.3) is 5.91 Å². The van der Waals surface area contributed by atoms with Crippen LogP contribution in [0.2, 0.25) is 0 Å². The van der Waals surface area contributed by atoms with Crippen molar-refractivity contribution in [3.63, 3.8) is 0 Å². The lowest BCUT2D eigenvalue weighted by Crippen LogP contribution is -2.41. The minimum atomic E-state index is -0.370. The van der Waals surface area contributed by atoms with Crippen LogP contribution in [0, 0.1) is 11.7 Å². The summed E-state index contributed by atoms with van der Waals surface area (Å²) in [6.07, 6.45) is 2.93. The van der Waals surface area contributed by atoms with E-state index in [4.69, 9.17) is 9.47 Å². The van der Waals surface area contributed by atoms with Gasteiger partial charge in [-0.05, 0) is 62.1 Å². The molecule has 0 atom stereocenters. The van der Waals surface area contributed by atoms with Crippen molar-refractivity contribution < 1.29 is 23.5 Å². The first-order chi connectivity index (χ1) is 15.5. The maximum Gasteiger partial charge on any atom is 0.253 e. The molecule has 1 saturated heterocycles. The third kappa shape index (κ3) is 6.22. The number of rotatable bonds is 9. The van der Waals surface area contributed by atoms with Gasteiger partial charge in [-0.15, -0.1) is 0 Å². The van der Waals surface area contributed by atoms with Gasteiger partial charge < -0.3 is 19.7 Å². The molecule has 1 aliphatic heterocycles. The van der Waals surface area contributed by atoms with E-state index < -0.39 is 0 Å². The lowest BCUT2D eigenvalue weighted by molar-refractivity contribution is -0.121. The SMILES string of the molecule is CCCOc1ccc(NC(=O)C2CCN(C(=O)c3ccc(F)cc3)CC2)cc1OCCC. The Balaban J connectivity index is 1.57. The van der Waals surface area contributed by atoms with Crippen molar-refractivity contribution in [1.29, 1.82) is 0 Å². The number of likely N-dealkylation sites (tertiary alicyclic amines) is 1. The van der Waals surface area contributed by atoms with Gasteiger partial charge in [-0.1, -0.05) is 13.8 Å². The number of halogens is 1. The van der Waals surface area contributed by atoms with Crippen molar-refractivity contribution >= 4 is 17.5 Å². The van der Waals surface area contributed by atoms with Gasteiger partial charge in [0.1, 0.15) is 5.82 Å². The highest BCUT2D eigenvalue weighted by atomic mass is 19.1. The summed E-state index contributed by atoms with van der Waals surface area (Å²) in [5, 5.41) is 2.97. The van der Waals surface area contributed by atoms with E-state index in [0.29, 0.717) is 61.9 Å². The third-order valence-corrected chi connectivity index (χ3v) is 5.38. The molecular weight excluding hydrogens is 411 g/mol. The summed E-state index contributed by atoms with van der Waals surface area (Å²) in [7, 11) is 0. The summed E-state index contributed by atoms with van der Waals surface area (Å²) in [4.78, 5) is 27.1. The Bertz CT molecular complexity index is 909. The molecule has 2 amide bonds. The van der Waals surface area contributed by atoms with Crippen LogP contribution in [0.5, 0.6) is 11.5 Å². The summed E-state index contributed by atoms with van der Waals surface area (Å²) >= 11 is 0. The van der Waals surface area contributed by atoms with E-state index in [1.165, 1.54) is 24.3 Å². The zero-order valence-corrected chi connectivity index (χ0v) is 18.7. The first-order valence-corrected chi connectivity index (χ1v) is 11.3. The molecule has 0 spiro atoms. The molecule has 0 radical (unpaired) electrons. The van der Waals surface area contributed by atoms with Gasteiger partial charge in [-0.2, -0.15) is 0 Å². The van der Waals surface area contributed by atoms with Crippen LogP contribution in [-0.2, 0) is 4.79 Å². The van der Waals surface area contributed by atoms with Gasteiger partial charge in [0.2, 0.25) is 5.91 Å². The number of carbonyl (C=O) groups is 2. The summed E-state index contributed by atoms with van der Waals surface area (Å²) in [6.45, 7) is 6.22. The largest absolute Gasteiger partial charge is 0.490 e. The molecule has 172 valence electrons. The predicted molar refractivity (Wildman–Crippen MR) is 122 cm³/mol. The number of ether oxygens (including phenoxy) is 2. The number of nitrogens with zero attached hydrogens (tertiary/aromatic N) is 1. The van der Waals surface area contributed by atoms with Crippen LogP contribution in [0.25, 0.3) is 0 Å². The first-order valence-electron chi connectivity index (χ1n) is 11.3. The molecular formula is C25H31FN2O4. The number of anilines is 1. The number of hydrogen-bond acceptors (Lipinski definition) is 4. The molecule has 32 heavy (non-hydrogen) atoms. The van der Waals surface area contributed by atoms with Crippen molar-refractivity contribution in [2.75, 3.05) is 31.6 Å². The maximum absolute atomic E-state index is 13.1. The summed E-state index contributed by atoms with van der Waals surface area (Å²) < 4.78 is 24.6. The fraction of sp³-hybridized carbons (Fsp3) is 0.440. The number of hydrogen-bond donors (Lipinski definition) is 1. The molecule has 0 aliphatic carbocycles. The van der Waals surface area contributed by atoms with E-state index in [9.17, 15) is 14.0 Å². The molecule has 7 heteroatoms. The molecule has 6 nitrogen and oxygen atoms in total. The van der Waals surface area contributed by atoms with Gasteiger partial charge in [0.15, 0.2) is 11.5 Å². The molecule has 0 bridgehead atoms. The van der Waals surface area contributed by atoms with E-state index in [1.807, 2.05) is 26.0 Å². The second-order valence-corrected chi connectivity index (χ2v) is 7.92. The average Bonchev–Trinajstić information content (AvgIpc) is 2.82. The Labute approximate surface area is 188 Å². The topological polar surface area (TPSA) is 67.9 Å². The van der Waals surface area contributed by atoms with Crippen molar-refractivity contribution in [2.45, 2.75) is 39.5 Å². The van der Waals surface area contributed by atoms with Crippen LogP contribution in [-0.4, -0.2) is 43.0 Å². The number of benzene rings is 2. The van der Waals surface area contributed by atoms with Gasteiger partial charge in [0.05, 0.1) is 13.2 Å². The Morgan fingerprint density at radius 1 is 0.969 bits per heavy atom. The van der Waals surface area contributed by atoms with E-state index in [2.05, 4.69) is 5.32 Å². The fourth-order valence-electron chi connectivity index (χ4n) is 3.61. The van der Waals surface area contributed by atoms with Gasteiger partial charge in [-0.3, -0.25) is 9.59 Å². The molecule has 0 saturated carbocycles. The standard InChI is InChI=1S/C25H31FN2O4/c1-3-15-31-22-10-9-21(17-23(22)32-16-4-2)27-24(29)18-11-13-28(14-12-18)25(30)19-5-7-20(26)8-6-19/h5-10,17-18H,3-4,11-16H2,1-2H3,(H,27,29). The second kappa shape index (κ2) is 11.5. The smallest absolute Gasteiger partial charge is 0.253 e. The Kier molecular flexibility index (Phi) is 8.48. The van der Waals surface area contributed by atoms with Gasteiger partial charge in [0, 0.05) is 36.3 Å². The first kappa shape index (κ1) is 23.6. The Morgan fingerprint density at radius 2 is 1.59 bits per heavy atom. The average molecular weight is 443 g/mol. The molecule has 0 unspecified atom stereocenters. The van der Waals surface area contributed by atoms with Crippen LogP contribution < -0.4 is 14.8 Å². The van der Waals surface area contributed by atoms with E-state index in [-0.39, 0.29) is 23.5 Å². The van der Waals surface area contributed by atoms with Gasteiger partial charge >= 0.3 is 0 Å². The van der Waals surface area contributed by atoms with Gasteiger partial charge in [-0.25, -0.2) is 4.39 Å². The van der Waals surface area contributed by atoms with E-state index in [1.54, 1.807) is 11.0 Å². The summed E-state index contributed by atoms with van der Waals surface area (Å²) in [5.41, 5.74) is 1.12. The zero-order chi connectivity index (χ0) is 22.9. The summed E-state index contributed by atoms with van der Waals surface area (Å²) in [5.74, 6) is 0.545. The number of amides is 2. The molecule has 1 heterocycles. The fourth-order valence-corrected chi connectivity index (χ4v) is 3.61. The number of piperidine rings is 1. The van der Waals surface area contributed by atoms with Crippen LogP contribution in [0.15, 0.2) is 42.5 Å². The van der Waals surface area contributed by atoms with E-state index in [0.717, 1.165) is 12.8 Å². The number of carbonyl (C=O) groups excluding carboxylic acids is 2. The molecule has 2 aromatic rings. The van der Waals surface area contributed by atoms with Crippen molar-refractivity contribution in [2.24, 2.45) is 5.92 Å². The molecule has 1 N–H and O–H groups in total. The van der Waals surface area contributed by atoms with Crippen LogP contribution in [0.3, 0.4) is 0 Å². The molecule has 2 aromatic carbocycles. The highest BCUT2D eigenvalue weighted by Gasteiger charge is 2.28. The van der Waals surface area contributed by atoms with Crippen LogP contribution in [0.4, 0.5) is 10.1 Å². The molecule has 1 fully saturated rings. The minimum Gasteiger partial charge on any atom is -0.490 e. The minimum absolute atomic E-state index is 0.0671. The molecule has 0 aromatic heterocycles. The van der Waals surface area contributed by atoms with Crippen molar-refractivity contribution in [3.05, 3.63) is 53.8 Å². The Hall–Kier alpha value is -3.09. The monoisotopic (exact) mass is 442 g/mol. The zero-order valence-electron chi connectivity index (χ0n) is 18.7. The van der Waals surface area contributed by atoms with Crippen LogP contribution in [0.1, 0.15) is 49.9 Å². The van der Waals surface area contributed by atoms with E-state index >= 15 is 0 Å². The lowest BCUT2D eigenvalue weighted by Gasteiger charge is -2.31. The normalized spacial score (nSPS) is 14.2. The number of nitrogens with one attached hydrogen (secondary N) is 1. The van der Waals surface area contributed by atoms with Crippen LogP contribution >= 0.6 is 0 Å². The summed E-state index contributed by atoms with van der Waals surface area (Å²) in [6, 6.07) is 11.0. The highest BCUT2D eigenvalue weighted by Crippen LogP contribution is 2.31. The van der Waals surface area contributed by atoms with Crippen molar-refractivity contribution in [1.82, 2.24) is 4.90 Å². The highest BCUT2D eigenvalue weighted by molar-refractivity contribution is 5.95. The maximum atomic E-state index is 13.1. The third-order valence-electron chi connectivity index (χ3n) is 5.38. The molecule has 3 rings (SSSR count). The second-order valence-electron chi connectivity index (χ2n) is 7.92. The lowest BCUT2D eigenvalue weighted by atomic mass is 9.95. The van der Waals surface area contributed by atoms with Crippen molar-refractivity contribution in [3.8, 4) is 11.5 Å². The Morgan fingerprint density at radius 3 is 2.22 bits per heavy atom. The molecule has 1 aliphatic rings. The predicted octanol–water partition coefficient (Wildman–Crippen LogP) is 4.89. The quantitative estimate of drug-likeness (QED) is 0.600.